The quantitative estimate of drug-likeness (QED) is 0.671. The van der Waals surface area contributed by atoms with Crippen LogP contribution in [0.25, 0.3) is 11.3 Å². The molecule has 1 heterocycles. The highest BCUT2D eigenvalue weighted by Crippen LogP contribution is 2.22. The van der Waals surface area contributed by atoms with Gasteiger partial charge in [0.05, 0.1) is 5.69 Å². The average Bonchev–Trinajstić information content (AvgIpc) is 2.70. The minimum atomic E-state index is -0.806. The summed E-state index contributed by atoms with van der Waals surface area (Å²) < 4.78 is 1.19. The van der Waals surface area contributed by atoms with Gasteiger partial charge < -0.3 is 5.32 Å². The first kappa shape index (κ1) is 20.2. The molecule has 1 N–H and O–H groups in total. The number of ketones is 1. The Morgan fingerprint density at radius 1 is 1.00 bits per heavy atom. The number of hydrogen-bond donors (Lipinski definition) is 1. The Morgan fingerprint density at radius 3 is 2.34 bits per heavy atom. The maximum absolute atomic E-state index is 12.7. The molecule has 1 atom stereocenters. The lowest BCUT2D eigenvalue weighted by Gasteiger charge is -2.16. The Labute approximate surface area is 169 Å². The zero-order valence-electron chi connectivity index (χ0n) is 16.9. The van der Waals surface area contributed by atoms with Crippen molar-refractivity contribution in [2.45, 2.75) is 33.7 Å². The van der Waals surface area contributed by atoms with Gasteiger partial charge in [0.2, 0.25) is 5.91 Å². The third-order valence-electron chi connectivity index (χ3n) is 4.80. The van der Waals surface area contributed by atoms with E-state index in [1.165, 1.54) is 17.7 Å². The Balaban J connectivity index is 1.87. The van der Waals surface area contributed by atoms with E-state index in [-0.39, 0.29) is 17.2 Å². The largest absolute Gasteiger partial charge is 0.324 e. The summed E-state index contributed by atoms with van der Waals surface area (Å²) in [7, 11) is 0. The van der Waals surface area contributed by atoms with Crippen molar-refractivity contribution in [1.29, 1.82) is 0 Å². The number of Topliss-reactive ketones (excluding diaryl/α,β-unsaturated/α-hetero) is 1. The SMILES string of the molecule is CC(=O)c1ccc(NC(=O)[C@H](C)n2nc(-c3cc(C)ccc3C)ccc2=O)cc1. The van der Waals surface area contributed by atoms with Crippen LogP contribution in [0.5, 0.6) is 0 Å². The molecule has 6 heteroatoms. The van der Waals surface area contributed by atoms with Crippen molar-refractivity contribution in [3.63, 3.8) is 0 Å². The number of nitrogens with zero attached hydrogens (tertiary/aromatic N) is 2. The number of anilines is 1. The number of aromatic nitrogens is 2. The number of benzene rings is 2. The predicted molar refractivity (Wildman–Crippen MR) is 113 cm³/mol. The molecule has 0 unspecified atom stereocenters. The number of amides is 1. The molecule has 2 aromatic carbocycles. The van der Waals surface area contributed by atoms with Crippen LogP contribution in [0.3, 0.4) is 0 Å². The van der Waals surface area contributed by atoms with Gasteiger partial charge in [-0.2, -0.15) is 5.10 Å². The van der Waals surface area contributed by atoms with Gasteiger partial charge in [0.1, 0.15) is 6.04 Å². The molecule has 3 aromatic rings. The second kappa shape index (κ2) is 8.22. The van der Waals surface area contributed by atoms with Gasteiger partial charge >= 0.3 is 0 Å². The second-order valence-electron chi connectivity index (χ2n) is 7.12. The number of nitrogens with one attached hydrogen (secondary N) is 1. The highest BCUT2D eigenvalue weighted by Gasteiger charge is 2.19. The van der Waals surface area contributed by atoms with Crippen LogP contribution in [-0.2, 0) is 4.79 Å². The van der Waals surface area contributed by atoms with Gasteiger partial charge in [-0.1, -0.05) is 17.7 Å². The molecule has 29 heavy (non-hydrogen) atoms. The first-order valence-corrected chi connectivity index (χ1v) is 9.35. The van der Waals surface area contributed by atoms with Crippen LogP contribution in [0.15, 0.2) is 59.4 Å². The molecule has 148 valence electrons. The van der Waals surface area contributed by atoms with Crippen molar-refractivity contribution in [2.75, 3.05) is 5.32 Å². The minimum absolute atomic E-state index is 0.0461. The van der Waals surface area contributed by atoms with Gasteiger partial charge in [-0.05, 0) is 69.7 Å². The van der Waals surface area contributed by atoms with E-state index in [0.717, 1.165) is 16.7 Å². The van der Waals surface area contributed by atoms with E-state index in [1.807, 2.05) is 32.0 Å². The molecular formula is C23H23N3O3. The van der Waals surface area contributed by atoms with Gasteiger partial charge in [-0.15, -0.1) is 0 Å². The van der Waals surface area contributed by atoms with Crippen LogP contribution >= 0.6 is 0 Å². The lowest BCUT2D eigenvalue weighted by atomic mass is 10.0. The summed E-state index contributed by atoms with van der Waals surface area (Å²) in [5.41, 5.74) is 4.44. The molecule has 0 bridgehead atoms. The number of hydrogen-bond acceptors (Lipinski definition) is 4. The lowest BCUT2D eigenvalue weighted by Crippen LogP contribution is -2.33. The highest BCUT2D eigenvalue weighted by atomic mass is 16.2. The topological polar surface area (TPSA) is 81.1 Å². The fourth-order valence-electron chi connectivity index (χ4n) is 3.00. The first-order chi connectivity index (χ1) is 13.8. The summed E-state index contributed by atoms with van der Waals surface area (Å²) in [4.78, 5) is 36.4. The smallest absolute Gasteiger partial charge is 0.267 e. The maximum Gasteiger partial charge on any atom is 0.267 e. The Hall–Kier alpha value is -3.54. The molecule has 0 aliphatic rings. The van der Waals surface area contributed by atoms with Crippen LogP contribution < -0.4 is 10.9 Å². The molecule has 6 nitrogen and oxygen atoms in total. The molecule has 0 radical (unpaired) electrons. The summed E-state index contributed by atoms with van der Waals surface area (Å²) in [5, 5.41) is 7.21. The zero-order valence-corrected chi connectivity index (χ0v) is 16.9. The monoisotopic (exact) mass is 389 g/mol. The summed E-state index contributed by atoms with van der Waals surface area (Å²) >= 11 is 0. The number of carbonyl (C=O) groups excluding carboxylic acids is 2. The summed E-state index contributed by atoms with van der Waals surface area (Å²) in [6, 6.07) is 14.9. The Kier molecular flexibility index (Phi) is 5.73. The van der Waals surface area contributed by atoms with E-state index >= 15 is 0 Å². The molecule has 0 spiro atoms. The van der Waals surface area contributed by atoms with Crippen LogP contribution in [-0.4, -0.2) is 21.5 Å². The molecule has 0 fully saturated rings. The number of rotatable bonds is 5. The van der Waals surface area contributed by atoms with E-state index in [0.29, 0.717) is 16.9 Å². The van der Waals surface area contributed by atoms with Crippen molar-refractivity contribution < 1.29 is 9.59 Å². The lowest BCUT2D eigenvalue weighted by molar-refractivity contribution is -0.119. The van der Waals surface area contributed by atoms with Gasteiger partial charge in [-0.3, -0.25) is 14.4 Å². The second-order valence-corrected chi connectivity index (χ2v) is 7.12. The molecule has 0 aliphatic carbocycles. The van der Waals surface area contributed by atoms with E-state index in [1.54, 1.807) is 37.3 Å². The van der Waals surface area contributed by atoms with E-state index in [9.17, 15) is 14.4 Å². The van der Waals surface area contributed by atoms with Gasteiger partial charge in [0, 0.05) is 22.9 Å². The number of aryl methyl sites for hydroxylation is 2. The molecule has 1 amide bonds. The van der Waals surface area contributed by atoms with Crippen molar-refractivity contribution in [2.24, 2.45) is 0 Å². The standard InChI is InChI=1S/C23H23N3O3/c1-14-5-6-15(2)20(13-14)21-11-12-22(28)26(25-21)16(3)23(29)24-19-9-7-18(8-10-19)17(4)27/h5-13,16H,1-4H3,(H,24,29)/t16-/m0/s1. The molecule has 0 aliphatic heterocycles. The van der Waals surface area contributed by atoms with Crippen LogP contribution in [0, 0.1) is 13.8 Å². The van der Waals surface area contributed by atoms with Gasteiger partial charge in [0.25, 0.3) is 5.56 Å². The van der Waals surface area contributed by atoms with Gasteiger partial charge in [0.15, 0.2) is 5.78 Å². The molecule has 1 aromatic heterocycles. The molecular weight excluding hydrogens is 366 g/mol. The van der Waals surface area contributed by atoms with Crippen molar-refractivity contribution in [3.8, 4) is 11.3 Å². The van der Waals surface area contributed by atoms with Crippen LogP contribution in [0.2, 0.25) is 0 Å². The van der Waals surface area contributed by atoms with E-state index in [2.05, 4.69) is 10.4 Å². The van der Waals surface area contributed by atoms with Crippen molar-refractivity contribution in [3.05, 3.63) is 81.6 Å². The summed E-state index contributed by atoms with van der Waals surface area (Å²) in [5.74, 6) is -0.413. The highest BCUT2D eigenvalue weighted by molar-refractivity contribution is 5.96. The van der Waals surface area contributed by atoms with Crippen molar-refractivity contribution >= 4 is 17.4 Å². The maximum atomic E-state index is 12.7. The van der Waals surface area contributed by atoms with E-state index in [4.69, 9.17) is 0 Å². The normalized spacial score (nSPS) is 11.7. The predicted octanol–water partition coefficient (Wildman–Crippen LogP) is 3.93. The van der Waals surface area contributed by atoms with Crippen LogP contribution in [0.1, 0.15) is 41.4 Å². The third-order valence-corrected chi connectivity index (χ3v) is 4.80. The van der Waals surface area contributed by atoms with Crippen molar-refractivity contribution in [1.82, 2.24) is 9.78 Å². The number of carbonyl (C=O) groups is 2. The minimum Gasteiger partial charge on any atom is -0.324 e. The zero-order chi connectivity index (χ0) is 21.1. The fourth-order valence-corrected chi connectivity index (χ4v) is 3.00. The Bertz CT molecular complexity index is 1130. The fraction of sp³-hybridized carbons (Fsp3) is 0.217. The first-order valence-electron chi connectivity index (χ1n) is 9.35. The van der Waals surface area contributed by atoms with Gasteiger partial charge in [-0.25, -0.2) is 4.68 Å². The summed E-state index contributed by atoms with van der Waals surface area (Å²) in [6.45, 7) is 7.08. The summed E-state index contributed by atoms with van der Waals surface area (Å²) in [6.07, 6.45) is 0. The Morgan fingerprint density at radius 2 is 1.69 bits per heavy atom. The molecule has 0 saturated carbocycles. The molecule has 0 saturated heterocycles. The average molecular weight is 389 g/mol. The molecule has 3 rings (SSSR count). The van der Waals surface area contributed by atoms with Crippen LogP contribution in [0.4, 0.5) is 5.69 Å². The third kappa shape index (κ3) is 4.48. The van der Waals surface area contributed by atoms with E-state index < -0.39 is 6.04 Å².